The minimum absolute atomic E-state index is 0.110. The van der Waals surface area contributed by atoms with Gasteiger partial charge >= 0.3 is 0 Å². The fraction of sp³-hybridized carbons (Fsp3) is 0.353. The number of hydrogen-bond acceptors (Lipinski definition) is 6. The topological polar surface area (TPSA) is 130 Å². The Hall–Kier alpha value is -2.72. The molecule has 10 heteroatoms. The Kier molecular flexibility index (Phi) is 6.01. The summed E-state index contributed by atoms with van der Waals surface area (Å²) in [5.74, 6) is -1.10. The molecule has 27 heavy (non-hydrogen) atoms. The number of aromatic nitrogens is 1. The lowest BCUT2D eigenvalue weighted by molar-refractivity contribution is -0.123. The number of hydrazine groups is 1. The first-order valence-electron chi connectivity index (χ1n) is 8.15. The maximum Gasteiger partial charge on any atom is 0.269 e. The zero-order chi connectivity index (χ0) is 20.4. The minimum Gasteiger partial charge on any atom is -0.360 e. The highest BCUT2D eigenvalue weighted by molar-refractivity contribution is 7.89. The van der Waals surface area contributed by atoms with Gasteiger partial charge in [0.25, 0.3) is 11.8 Å². The van der Waals surface area contributed by atoms with E-state index in [-0.39, 0.29) is 16.3 Å². The van der Waals surface area contributed by atoms with Crippen LogP contribution in [0.2, 0.25) is 0 Å². The van der Waals surface area contributed by atoms with E-state index in [1.54, 1.807) is 19.1 Å². The van der Waals surface area contributed by atoms with Crippen LogP contribution in [0.15, 0.2) is 27.6 Å². The lowest BCUT2D eigenvalue weighted by Gasteiger charge is -2.15. The summed E-state index contributed by atoms with van der Waals surface area (Å²) in [5.41, 5.74) is 6.86. The molecule has 146 valence electrons. The second kappa shape index (κ2) is 7.89. The van der Waals surface area contributed by atoms with E-state index in [4.69, 9.17) is 4.52 Å². The van der Waals surface area contributed by atoms with Crippen molar-refractivity contribution in [1.29, 1.82) is 0 Å². The third kappa shape index (κ3) is 4.72. The van der Waals surface area contributed by atoms with Gasteiger partial charge in [-0.15, -0.1) is 0 Å². The minimum atomic E-state index is -4.00. The molecule has 0 spiro atoms. The fourth-order valence-corrected chi connectivity index (χ4v) is 4.10. The summed E-state index contributed by atoms with van der Waals surface area (Å²) in [7, 11) is -4.00. The van der Waals surface area contributed by atoms with Gasteiger partial charge in [-0.2, -0.15) is 4.72 Å². The van der Waals surface area contributed by atoms with Crippen molar-refractivity contribution in [2.75, 3.05) is 0 Å². The highest BCUT2D eigenvalue weighted by atomic mass is 32.2. The summed E-state index contributed by atoms with van der Waals surface area (Å²) in [6.07, 6.45) is 0. The number of carbonyl (C=O) groups is 2. The van der Waals surface area contributed by atoms with Crippen LogP contribution >= 0.6 is 0 Å². The van der Waals surface area contributed by atoms with E-state index in [2.05, 4.69) is 20.7 Å². The monoisotopic (exact) mass is 394 g/mol. The molecule has 9 nitrogen and oxygen atoms in total. The SMILES string of the molecule is Cc1ccc(C(=O)NNC(=O)[C@H](C)NS(=O)(=O)c2c(C)noc2C)c(C)c1. The number of hydrogen-bond donors (Lipinski definition) is 3. The maximum absolute atomic E-state index is 12.4. The standard InChI is InChI=1S/C17H22N4O5S/c1-9-6-7-14(10(2)8-9)17(23)19-18-16(22)12(4)21-27(24,25)15-11(3)20-26-13(15)5/h6-8,12,21H,1-5H3,(H,18,22)(H,19,23)/t12-/m0/s1. The Morgan fingerprint density at radius 3 is 2.33 bits per heavy atom. The molecule has 0 bridgehead atoms. The average Bonchev–Trinajstić information content (AvgIpc) is 2.91. The summed E-state index contributed by atoms with van der Waals surface area (Å²) in [6.45, 7) is 7.99. The Labute approximate surface area is 157 Å². The van der Waals surface area contributed by atoms with Crippen molar-refractivity contribution >= 4 is 21.8 Å². The van der Waals surface area contributed by atoms with Gasteiger partial charge in [0.2, 0.25) is 10.0 Å². The van der Waals surface area contributed by atoms with Crippen LogP contribution in [0.1, 0.15) is 39.9 Å². The summed E-state index contributed by atoms with van der Waals surface area (Å²) in [4.78, 5) is 24.2. The maximum atomic E-state index is 12.4. The van der Waals surface area contributed by atoms with Gasteiger partial charge in [0.05, 0.1) is 6.04 Å². The number of carbonyl (C=O) groups excluding carboxylic acids is 2. The first-order chi connectivity index (χ1) is 12.5. The summed E-state index contributed by atoms with van der Waals surface area (Å²) in [5, 5.41) is 3.59. The Morgan fingerprint density at radius 1 is 1.11 bits per heavy atom. The molecule has 1 aromatic heterocycles. The van der Waals surface area contributed by atoms with Crippen molar-refractivity contribution in [1.82, 2.24) is 20.7 Å². The third-order valence-electron chi connectivity index (χ3n) is 3.89. The molecule has 0 aliphatic rings. The second-order valence-corrected chi connectivity index (χ2v) is 7.91. The Bertz CT molecular complexity index is 962. The molecule has 1 heterocycles. The van der Waals surface area contributed by atoms with E-state index in [0.29, 0.717) is 5.56 Å². The van der Waals surface area contributed by atoms with Crippen molar-refractivity contribution in [2.24, 2.45) is 0 Å². The molecule has 2 amide bonds. The predicted molar refractivity (Wildman–Crippen MR) is 97.3 cm³/mol. The van der Waals surface area contributed by atoms with Crippen LogP contribution in [-0.2, 0) is 14.8 Å². The molecule has 0 saturated heterocycles. The summed E-state index contributed by atoms with van der Waals surface area (Å²) >= 11 is 0. The molecular weight excluding hydrogens is 372 g/mol. The van der Waals surface area contributed by atoms with Crippen LogP contribution < -0.4 is 15.6 Å². The molecule has 0 saturated carbocycles. The molecule has 1 aromatic carbocycles. The molecule has 0 aliphatic carbocycles. The molecule has 0 unspecified atom stereocenters. The number of aryl methyl sites for hydroxylation is 4. The van der Waals surface area contributed by atoms with Crippen molar-refractivity contribution < 1.29 is 22.5 Å². The van der Waals surface area contributed by atoms with Gasteiger partial charge in [-0.05, 0) is 46.2 Å². The van der Waals surface area contributed by atoms with Gasteiger partial charge in [-0.1, -0.05) is 22.9 Å². The average molecular weight is 394 g/mol. The van der Waals surface area contributed by atoms with Crippen LogP contribution in [0, 0.1) is 27.7 Å². The van der Waals surface area contributed by atoms with Crippen LogP contribution in [0.3, 0.4) is 0 Å². The van der Waals surface area contributed by atoms with E-state index >= 15 is 0 Å². The van der Waals surface area contributed by atoms with Gasteiger partial charge in [0.15, 0.2) is 5.76 Å². The van der Waals surface area contributed by atoms with E-state index in [1.807, 2.05) is 13.0 Å². The number of nitrogens with zero attached hydrogens (tertiary/aromatic N) is 1. The zero-order valence-corrected chi connectivity index (χ0v) is 16.5. The number of rotatable bonds is 5. The molecule has 3 N–H and O–H groups in total. The fourth-order valence-electron chi connectivity index (χ4n) is 2.57. The zero-order valence-electron chi connectivity index (χ0n) is 15.7. The molecule has 2 rings (SSSR count). The van der Waals surface area contributed by atoms with Crippen molar-refractivity contribution in [2.45, 2.75) is 45.6 Å². The van der Waals surface area contributed by atoms with Crippen LogP contribution in [0.4, 0.5) is 0 Å². The predicted octanol–water partition coefficient (Wildman–Crippen LogP) is 1.04. The number of sulfonamides is 1. The third-order valence-corrected chi connectivity index (χ3v) is 5.67. The first-order valence-corrected chi connectivity index (χ1v) is 9.64. The van der Waals surface area contributed by atoms with E-state index in [9.17, 15) is 18.0 Å². The summed E-state index contributed by atoms with van der Waals surface area (Å²) in [6, 6.07) is 4.14. The summed E-state index contributed by atoms with van der Waals surface area (Å²) < 4.78 is 31.9. The van der Waals surface area contributed by atoms with Gasteiger partial charge in [-0.25, -0.2) is 8.42 Å². The molecule has 1 atom stereocenters. The van der Waals surface area contributed by atoms with E-state index < -0.39 is 27.9 Å². The number of amides is 2. The normalized spacial score (nSPS) is 12.5. The smallest absolute Gasteiger partial charge is 0.269 e. The van der Waals surface area contributed by atoms with E-state index in [0.717, 1.165) is 11.1 Å². The van der Waals surface area contributed by atoms with Gasteiger partial charge in [0, 0.05) is 5.56 Å². The largest absolute Gasteiger partial charge is 0.360 e. The molecule has 2 aromatic rings. The van der Waals surface area contributed by atoms with Crippen LogP contribution in [0.5, 0.6) is 0 Å². The first kappa shape index (κ1) is 20.6. The van der Waals surface area contributed by atoms with Crippen LogP contribution in [-0.4, -0.2) is 31.4 Å². The van der Waals surface area contributed by atoms with Crippen molar-refractivity contribution in [3.05, 3.63) is 46.3 Å². The van der Waals surface area contributed by atoms with Crippen LogP contribution in [0.25, 0.3) is 0 Å². The van der Waals surface area contributed by atoms with Gasteiger partial charge in [0.1, 0.15) is 10.6 Å². The molecule has 0 radical (unpaired) electrons. The van der Waals surface area contributed by atoms with E-state index in [1.165, 1.54) is 20.8 Å². The van der Waals surface area contributed by atoms with Gasteiger partial charge < -0.3 is 4.52 Å². The molecule has 0 fully saturated rings. The van der Waals surface area contributed by atoms with Crippen molar-refractivity contribution in [3.8, 4) is 0 Å². The lowest BCUT2D eigenvalue weighted by Crippen LogP contribution is -2.51. The Balaban J connectivity index is 2.00. The molecule has 0 aliphatic heterocycles. The van der Waals surface area contributed by atoms with Crippen molar-refractivity contribution in [3.63, 3.8) is 0 Å². The number of benzene rings is 1. The van der Waals surface area contributed by atoms with Gasteiger partial charge in [-0.3, -0.25) is 20.4 Å². The molecular formula is C17H22N4O5S. The quantitative estimate of drug-likeness (QED) is 0.650. The highest BCUT2D eigenvalue weighted by Crippen LogP contribution is 2.18. The highest BCUT2D eigenvalue weighted by Gasteiger charge is 2.28. The Morgan fingerprint density at radius 2 is 1.78 bits per heavy atom. The lowest BCUT2D eigenvalue weighted by atomic mass is 10.1. The number of nitrogens with one attached hydrogen (secondary N) is 3. The second-order valence-electron chi connectivity index (χ2n) is 6.26.